The Morgan fingerprint density at radius 3 is 2.89 bits per heavy atom. The molecule has 1 aromatic heterocycles. The molecule has 4 nitrogen and oxygen atoms in total. The molecule has 19 heavy (non-hydrogen) atoms. The van der Waals surface area contributed by atoms with Crippen molar-refractivity contribution >= 4 is 46.5 Å². The first-order valence-corrected chi connectivity index (χ1v) is 8.26. The number of nitrogens with one attached hydrogen (secondary N) is 1. The van der Waals surface area contributed by atoms with Crippen molar-refractivity contribution in [1.29, 1.82) is 0 Å². The van der Waals surface area contributed by atoms with Crippen molar-refractivity contribution in [2.24, 2.45) is 0 Å². The molecule has 0 aliphatic heterocycles. The van der Waals surface area contributed by atoms with Crippen molar-refractivity contribution < 1.29 is 9.18 Å². The Labute approximate surface area is 122 Å². The Morgan fingerprint density at radius 2 is 2.21 bits per heavy atom. The van der Waals surface area contributed by atoms with Crippen LogP contribution in [0.25, 0.3) is 0 Å². The van der Waals surface area contributed by atoms with Crippen LogP contribution >= 0.6 is 34.9 Å². The number of benzene rings is 1. The van der Waals surface area contributed by atoms with Crippen molar-refractivity contribution in [1.82, 2.24) is 10.2 Å². The van der Waals surface area contributed by atoms with Crippen LogP contribution in [0.3, 0.4) is 0 Å². The Balaban J connectivity index is 1.84. The lowest BCUT2D eigenvalue weighted by molar-refractivity contribution is -0.113. The van der Waals surface area contributed by atoms with Crippen molar-refractivity contribution in [3.8, 4) is 0 Å². The molecular weight excluding hydrogens is 305 g/mol. The van der Waals surface area contributed by atoms with Gasteiger partial charge < -0.3 is 5.32 Å². The van der Waals surface area contributed by atoms with E-state index in [4.69, 9.17) is 0 Å². The molecule has 1 amide bonds. The zero-order valence-electron chi connectivity index (χ0n) is 9.92. The Morgan fingerprint density at radius 1 is 1.42 bits per heavy atom. The van der Waals surface area contributed by atoms with Gasteiger partial charge in [-0.1, -0.05) is 40.9 Å². The highest BCUT2D eigenvalue weighted by molar-refractivity contribution is 8.03. The standard InChI is InChI=1S/C11H10FN3OS3/c1-17-10-14-15-11(19-10)18-6-9(16)13-8-4-2-3-7(12)5-8/h2-5H,6H2,1H3,(H,13,16). The summed E-state index contributed by atoms with van der Waals surface area (Å²) in [6, 6.07) is 5.80. The molecule has 0 aliphatic carbocycles. The third-order valence-electron chi connectivity index (χ3n) is 2.00. The van der Waals surface area contributed by atoms with Gasteiger partial charge in [-0.05, 0) is 24.5 Å². The molecular formula is C11H10FN3OS3. The van der Waals surface area contributed by atoms with Gasteiger partial charge in [0.2, 0.25) is 5.91 Å². The van der Waals surface area contributed by atoms with Gasteiger partial charge in [0.25, 0.3) is 0 Å². The minimum Gasteiger partial charge on any atom is -0.325 e. The normalized spacial score (nSPS) is 10.4. The van der Waals surface area contributed by atoms with Gasteiger partial charge in [0.15, 0.2) is 8.68 Å². The fraction of sp³-hybridized carbons (Fsp3) is 0.182. The summed E-state index contributed by atoms with van der Waals surface area (Å²) in [6.45, 7) is 0. The molecule has 0 atom stereocenters. The second-order valence-electron chi connectivity index (χ2n) is 3.39. The highest BCUT2D eigenvalue weighted by Gasteiger charge is 2.08. The quantitative estimate of drug-likeness (QED) is 0.859. The van der Waals surface area contributed by atoms with Gasteiger partial charge in [0.1, 0.15) is 5.82 Å². The minimum atomic E-state index is -0.376. The number of thioether (sulfide) groups is 2. The van der Waals surface area contributed by atoms with Gasteiger partial charge in [0.05, 0.1) is 5.75 Å². The van der Waals surface area contributed by atoms with Crippen molar-refractivity contribution in [2.45, 2.75) is 8.68 Å². The second-order valence-corrected chi connectivity index (χ2v) is 6.64. The molecule has 0 unspecified atom stereocenters. The predicted molar refractivity (Wildman–Crippen MR) is 77.4 cm³/mol. The topological polar surface area (TPSA) is 54.9 Å². The molecule has 100 valence electrons. The molecule has 1 N–H and O–H groups in total. The van der Waals surface area contributed by atoms with Crippen LogP contribution < -0.4 is 5.32 Å². The molecule has 2 rings (SSSR count). The maximum absolute atomic E-state index is 12.9. The van der Waals surface area contributed by atoms with Crippen LogP contribution in [-0.4, -0.2) is 28.1 Å². The van der Waals surface area contributed by atoms with E-state index < -0.39 is 0 Å². The molecule has 0 fully saturated rings. The SMILES string of the molecule is CSc1nnc(SCC(=O)Nc2cccc(F)c2)s1. The van der Waals surface area contributed by atoms with E-state index >= 15 is 0 Å². The molecule has 0 aliphatic rings. The molecule has 2 aromatic rings. The first-order chi connectivity index (χ1) is 9.17. The van der Waals surface area contributed by atoms with Crippen LogP contribution in [0.4, 0.5) is 10.1 Å². The Hall–Kier alpha value is -1.12. The molecule has 8 heteroatoms. The molecule has 0 spiro atoms. The smallest absolute Gasteiger partial charge is 0.234 e. The van der Waals surface area contributed by atoms with Crippen LogP contribution in [0.15, 0.2) is 32.9 Å². The Kier molecular flexibility index (Phi) is 5.17. The van der Waals surface area contributed by atoms with Crippen molar-refractivity contribution in [2.75, 3.05) is 17.3 Å². The lowest BCUT2D eigenvalue weighted by atomic mass is 10.3. The largest absolute Gasteiger partial charge is 0.325 e. The van der Waals surface area contributed by atoms with Crippen LogP contribution in [0.5, 0.6) is 0 Å². The number of carbonyl (C=O) groups excluding carboxylic acids is 1. The lowest BCUT2D eigenvalue weighted by Crippen LogP contribution is -2.13. The molecule has 1 aromatic carbocycles. The van der Waals surface area contributed by atoms with Crippen LogP contribution in [0, 0.1) is 5.82 Å². The number of hydrogen-bond acceptors (Lipinski definition) is 6. The summed E-state index contributed by atoms with van der Waals surface area (Å²) >= 11 is 4.28. The van der Waals surface area contributed by atoms with E-state index in [1.807, 2.05) is 6.26 Å². The average Bonchev–Trinajstić information content (AvgIpc) is 2.84. The fourth-order valence-corrected chi connectivity index (χ4v) is 3.47. The van der Waals surface area contributed by atoms with Crippen molar-refractivity contribution in [3.05, 3.63) is 30.1 Å². The fourth-order valence-electron chi connectivity index (χ4n) is 1.23. The van der Waals surface area contributed by atoms with E-state index in [9.17, 15) is 9.18 Å². The van der Waals surface area contributed by atoms with Gasteiger partial charge in [-0.2, -0.15) is 0 Å². The van der Waals surface area contributed by atoms with Crippen molar-refractivity contribution in [3.63, 3.8) is 0 Å². The Bertz CT molecular complexity index is 576. The predicted octanol–water partition coefficient (Wildman–Crippen LogP) is 3.13. The monoisotopic (exact) mass is 315 g/mol. The molecule has 0 bridgehead atoms. The first-order valence-electron chi connectivity index (χ1n) is 5.23. The molecule has 0 saturated heterocycles. The van der Waals surface area contributed by atoms with Gasteiger partial charge in [0, 0.05) is 5.69 Å². The van der Waals surface area contributed by atoms with E-state index in [1.165, 1.54) is 47.0 Å². The second kappa shape index (κ2) is 6.88. The van der Waals surface area contributed by atoms with Gasteiger partial charge in [-0.25, -0.2) is 4.39 Å². The number of amides is 1. The van der Waals surface area contributed by atoms with Gasteiger partial charge in [-0.3, -0.25) is 4.79 Å². The summed E-state index contributed by atoms with van der Waals surface area (Å²) in [5, 5.41) is 10.5. The number of carbonyl (C=O) groups is 1. The number of hydrogen-bond donors (Lipinski definition) is 1. The summed E-state index contributed by atoms with van der Waals surface area (Å²) in [7, 11) is 0. The van der Waals surface area contributed by atoms with Gasteiger partial charge in [-0.15, -0.1) is 10.2 Å². The maximum Gasteiger partial charge on any atom is 0.234 e. The average molecular weight is 315 g/mol. The van der Waals surface area contributed by atoms with E-state index in [2.05, 4.69) is 15.5 Å². The highest BCUT2D eigenvalue weighted by Crippen LogP contribution is 2.27. The van der Waals surface area contributed by atoms with Gasteiger partial charge >= 0.3 is 0 Å². The molecule has 1 heterocycles. The summed E-state index contributed by atoms with van der Waals surface area (Å²) in [4.78, 5) is 11.7. The van der Waals surface area contributed by atoms with Crippen LogP contribution in [0.2, 0.25) is 0 Å². The molecule has 0 radical (unpaired) electrons. The highest BCUT2D eigenvalue weighted by atomic mass is 32.2. The number of anilines is 1. The van der Waals surface area contributed by atoms with E-state index in [1.54, 1.807) is 12.1 Å². The first kappa shape index (κ1) is 14.3. The third-order valence-corrected chi connectivity index (χ3v) is 5.03. The third kappa shape index (κ3) is 4.48. The summed E-state index contributed by atoms with van der Waals surface area (Å²) in [5.74, 6) is -0.352. The lowest BCUT2D eigenvalue weighted by Gasteiger charge is -2.03. The summed E-state index contributed by atoms with van der Waals surface area (Å²) in [5.41, 5.74) is 0.452. The number of halogens is 1. The van der Waals surface area contributed by atoms with E-state index in [-0.39, 0.29) is 17.5 Å². The van der Waals surface area contributed by atoms with Crippen LogP contribution in [0.1, 0.15) is 0 Å². The number of aromatic nitrogens is 2. The number of nitrogens with zero attached hydrogens (tertiary/aromatic N) is 2. The molecule has 0 saturated carbocycles. The number of rotatable bonds is 5. The summed E-state index contributed by atoms with van der Waals surface area (Å²) < 4.78 is 14.6. The van der Waals surface area contributed by atoms with E-state index in [0.717, 1.165) is 8.68 Å². The minimum absolute atomic E-state index is 0.198. The zero-order valence-corrected chi connectivity index (χ0v) is 12.4. The van der Waals surface area contributed by atoms with E-state index in [0.29, 0.717) is 5.69 Å². The van der Waals surface area contributed by atoms with Crippen LogP contribution in [-0.2, 0) is 4.79 Å². The zero-order chi connectivity index (χ0) is 13.7. The summed E-state index contributed by atoms with van der Waals surface area (Å²) in [6.07, 6.45) is 1.92. The maximum atomic E-state index is 12.9.